The van der Waals surface area contributed by atoms with Crippen LogP contribution in [0.15, 0.2) is 0 Å². The molecule has 1 saturated heterocycles. The molecule has 1 heterocycles. The third kappa shape index (κ3) is 5.47. The molecule has 19 heavy (non-hydrogen) atoms. The summed E-state index contributed by atoms with van der Waals surface area (Å²) in [5.41, 5.74) is 5.64. The van der Waals surface area contributed by atoms with Crippen LogP contribution in [0.25, 0.3) is 0 Å². The maximum Gasteiger partial charge on any atom is 0.323 e. The maximum absolute atomic E-state index is 11.8. The van der Waals surface area contributed by atoms with Crippen LogP contribution in [0, 0.1) is 0 Å². The van der Waals surface area contributed by atoms with Crippen LogP contribution < -0.4 is 11.1 Å². The fraction of sp³-hybridized carbons (Fsp3) is 0.929. The molecule has 0 radical (unpaired) electrons. The molecule has 5 nitrogen and oxygen atoms in total. The highest BCUT2D eigenvalue weighted by Crippen LogP contribution is 2.16. The van der Waals surface area contributed by atoms with E-state index in [4.69, 9.17) is 10.5 Å². The van der Waals surface area contributed by atoms with Gasteiger partial charge in [0.25, 0.3) is 0 Å². The molecule has 0 aliphatic carbocycles. The van der Waals surface area contributed by atoms with Gasteiger partial charge in [-0.05, 0) is 40.5 Å². The highest BCUT2D eigenvalue weighted by molar-refractivity contribution is 5.76. The van der Waals surface area contributed by atoms with E-state index in [0.29, 0.717) is 18.6 Å². The molecule has 2 unspecified atom stereocenters. The number of hydrogen-bond donors (Lipinski definition) is 2. The molecule has 1 aliphatic rings. The van der Waals surface area contributed by atoms with Gasteiger partial charge in [0.05, 0.1) is 6.10 Å². The summed E-state index contributed by atoms with van der Waals surface area (Å²) in [6, 6.07) is 0.699. The van der Waals surface area contributed by atoms with Crippen molar-refractivity contribution in [3.8, 4) is 0 Å². The van der Waals surface area contributed by atoms with Crippen LogP contribution in [0.2, 0.25) is 0 Å². The van der Waals surface area contributed by atoms with Crippen LogP contribution in [-0.2, 0) is 9.53 Å². The molecule has 0 aromatic heterocycles. The summed E-state index contributed by atoms with van der Waals surface area (Å²) in [6.07, 6.45) is 1.84. The van der Waals surface area contributed by atoms with Crippen LogP contribution in [0.3, 0.4) is 0 Å². The van der Waals surface area contributed by atoms with Crippen molar-refractivity contribution in [2.24, 2.45) is 5.73 Å². The molecule has 0 aromatic rings. The zero-order valence-electron chi connectivity index (χ0n) is 12.7. The molecule has 0 aromatic carbocycles. The topological polar surface area (TPSA) is 67.6 Å². The Bertz CT molecular complexity index is 282. The molecule has 1 aliphatic heterocycles. The Labute approximate surface area is 116 Å². The molecule has 112 valence electrons. The van der Waals surface area contributed by atoms with Gasteiger partial charge >= 0.3 is 5.97 Å². The van der Waals surface area contributed by atoms with Gasteiger partial charge in [-0.15, -0.1) is 0 Å². The highest BCUT2D eigenvalue weighted by atomic mass is 16.5. The van der Waals surface area contributed by atoms with Crippen molar-refractivity contribution in [1.29, 1.82) is 0 Å². The quantitative estimate of drug-likeness (QED) is 0.668. The van der Waals surface area contributed by atoms with E-state index in [1.54, 1.807) is 0 Å². The fourth-order valence-electron chi connectivity index (χ4n) is 2.47. The Morgan fingerprint density at radius 3 is 2.58 bits per heavy atom. The average molecular weight is 271 g/mol. The first kappa shape index (κ1) is 16.4. The van der Waals surface area contributed by atoms with E-state index >= 15 is 0 Å². The van der Waals surface area contributed by atoms with E-state index in [-0.39, 0.29) is 18.1 Å². The summed E-state index contributed by atoms with van der Waals surface area (Å²) < 4.78 is 5.25. The van der Waals surface area contributed by atoms with E-state index in [1.807, 2.05) is 13.8 Å². The first-order valence-corrected chi connectivity index (χ1v) is 7.34. The van der Waals surface area contributed by atoms with Crippen molar-refractivity contribution in [1.82, 2.24) is 10.2 Å². The molecule has 0 saturated carbocycles. The van der Waals surface area contributed by atoms with E-state index < -0.39 is 0 Å². The third-order valence-electron chi connectivity index (χ3n) is 3.48. The predicted molar refractivity (Wildman–Crippen MR) is 76.9 cm³/mol. The van der Waals surface area contributed by atoms with Crippen molar-refractivity contribution < 1.29 is 9.53 Å². The average Bonchev–Trinajstić information content (AvgIpc) is 2.76. The Morgan fingerprint density at radius 2 is 2.05 bits per heavy atom. The number of nitrogens with zero attached hydrogens (tertiary/aromatic N) is 1. The Balaban J connectivity index is 2.40. The molecule has 3 N–H and O–H groups in total. The minimum atomic E-state index is -0.140. The monoisotopic (exact) mass is 271 g/mol. The zero-order valence-corrected chi connectivity index (χ0v) is 12.7. The normalized spacial score (nSPS) is 23.6. The van der Waals surface area contributed by atoms with E-state index in [0.717, 1.165) is 25.9 Å². The van der Waals surface area contributed by atoms with Gasteiger partial charge in [-0.1, -0.05) is 0 Å². The number of esters is 1. The van der Waals surface area contributed by atoms with Crippen molar-refractivity contribution in [3.63, 3.8) is 0 Å². The summed E-state index contributed by atoms with van der Waals surface area (Å²) in [5.74, 6) is -0.118. The second-order valence-electron chi connectivity index (χ2n) is 5.86. The molecule has 0 bridgehead atoms. The SMILES string of the molecule is CC(C)OC(=O)C1CCC(CN(CCN)C(C)C)N1. The summed E-state index contributed by atoms with van der Waals surface area (Å²) >= 11 is 0. The van der Waals surface area contributed by atoms with Crippen LogP contribution >= 0.6 is 0 Å². The second kappa shape index (κ2) is 7.82. The van der Waals surface area contributed by atoms with Gasteiger partial charge in [0.1, 0.15) is 6.04 Å². The van der Waals surface area contributed by atoms with Crippen LogP contribution in [0.5, 0.6) is 0 Å². The van der Waals surface area contributed by atoms with Crippen molar-refractivity contribution in [3.05, 3.63) is 0 Å². The molecule has 5 heteroatoms. The molecular weight excluding hydrogens is 242 g/mol. The van der Waals surface area contributed by atoms with Crippen LogP contribution in [-0.4, -0.2) is 54.7 Å². The summed E-state index contributed by atoms with van der Waals surface area (Å²) in [4.78, 5) is 14.2. The largest absolute Gasteiger partial charge is 0.462 e. The third-order valence-corrected chi connectivity index (χ3v) is 3.48. The number of nitrogens with one attached hydrogen (secondary N) is 1. The fourth-order valence-corrected chi connectivity index (χ4v) is 2.47. The lowest BCUT2D eigenvalue weighted by Crippen LogP contribution is -2.46. The lowest BCUT2D eigenvalue weighted by molar-refractivity contribution is -0.149. The van der Waals surface area contributed by atoms with Crippen molar-refractivity contribution in [2.75, 3.05) is 19.6 Å². The van der Waals surface area contributed by atoms with E-state index in [9.17, 15) is 4.79 Å². The molecule has 2 atom stereocenters. The van der Waals surface area contributed by atoms with Gasteiger partial charge in [-0.25, -0.2) is 0 Å². The summed E-state index contributed by atoms with van der Waals surface area (Å²) in [5, 5.41) is 3.38. The van der Waals surface area contributed by atoms with Gasteiger partial charge in [0.15, 0.2) is 0 Å². The highest BCUT2D eigenvalue weighted by Gasteiger charge is 2.31. The zero-order chi connectivity index (χ0) is 14.4. The van der Waals surface area contributed by atoms with E-state index in [2.05, 4.69) is 24.1 Å². The van der Waals surface area contributed by atoms with E-state index in [1.165, 1.54) is 0 Å². The first-order valence-electron chi connectivity index (χ1n) is 7.34. The minimum absolute atomic E-state index is 0.0437. The smallest absolute Gasteiger partial charge is 0.323 e. The van der Waals surface area contributed by atoms with Gasteiger partial charge in [-0.2, -0.15) is 0 Å². The number of carbonyl (C=O) groups excluding carboxylic acids is 1. The minimum Gasteiger partial charge on any atom is -0.462 e. The van der Waals surface area contributed by atoms with Gasteiger partial charge in [0.2, 0.25) is 0 Å². The molecular formula is C14H29N3O2. The Morgan fingerprint density at radius 1 is 1.37 bits per heavy atom. The predicted octanol–water partition coefficient (Wildman–Crippen LogP) is 0.728. The summed E-state index contributed by atoms with van der Waals surface area (Å²) in [6.45, 7) is 10.6. The number of hydrogen-bond acceptors (Lipinski definition) is 5. The van der Waals surface area contributed by atoms with Crippen molar-refractivity contribution >= 4 is 5.97 Å². The molecule has 0 amide bonds. The van der Waals surface area contributed by atoms with Crippen molar-refractivity contribution in [2.45, 2.75) is 64.8 Å². The number of rotatable bonds is 7. The van der Waals surface area contributed by atoms with Gasteiger partial charge in [0, 0.05) is 31.7 Å². The van der Waals surface area contributed by atoms with Crippen LogP contribution in [0.1, 0.15) is 40.5 Å². The Hall–Kier alpha value is -0.650. The lowest BCUT2D eigenvalue weighted by atomic mass is 10.1. The number of nitrogens with two attached hydrogens (primary N) is 1. The second-order valence-corrected chi connectivity index (χ2v) is 5.86. The first-order chi connectivity index (χ1) is 8.93. The van der Waals surface area contributed by atoms with Gasteiger partial charge in [-0.3, -0.25) is 9.69 Å². The standard InChI is InChI=1S/C14H29N3O2/c1-10(2)17(8-7-15)9-12-5-6-13(16-12)14(18)19-11(3)4/h10-13,16H,5-9,15H2,1-4H3. The summed E-state index contributed by atoms with van der Waals surface area (Å²) in [7, 11) is 0. The molecule has 1 fully saturated rings. The Kier molecular flexibility index (Phi) is 6.75. The maximum atomic E-state index is 11.8. The number of carbonyl (C=O) groups is 1. The van der Waals surface area contributed by atoms with Gasteiger partial charge < -0.3 is 15.8 Å². The molecule has 0 spiro atoms. The molecule has 1 rings (SSSR count). The lowest BCUT2D eigenvalue weighted by Gasteiger charge is -2.29. The van der Waals surface area contributed by atoms with Crippen LogP contribution in [0.4, 0.5) is 0 Å². The number of ether oxygens (including phenoxy) is 1.